The molecule has 8 heteroatoms. The molecule has 1 N–H and O–H groups in total. The van der Waals surface area contributed by atoms with Crippen molar-refractivity contribution in [3.05, 3.63) is 56.2 Å². The van der Waals surface area contributed by atoms with Crippen molar-refractivity contribution in [2.75, 3.05) is 5.32 Å². The fourth-order valence-electron chi connectivity index (χ4n) is 3.22. The number of carbonyl (C=O) groups excluding carboxylic acids is 1. The Kier molecular flexibility index (Phi) is 4.50. The van der Waals surface area contributed by atoms with E-state index in [2.05, 4.69) is 10.3 Å². The molecule has 1 amide bonds. The summed E-state index contributed by atoms with van der Waals surface area (Å²) in [5.41, 5.74) is 1.27. The molecule has 0 unspecified atom stereocenters. The fourth-order valence-corrected chi connectivity index (χ4v) is 4.62. The number of rotatable bonds is 3. The highest BCUT2D eigenvalue weighted by Crippen LogP contribution is 2.33. The van der Waals surface area contributed by atoms with Crippen LogP contribution in [0, 0.1) is 5.82 Å². The second kappa shape index (κ2) is 6.81. The van der Waals surface area contributed by atoms with Crippen LogP contribution in [0.25, 0.3) is 10.2 Å². The van der Waals surface area contributed by atoms with E-state index in [4.69, 9.17) is 11.6 Å². The van der Waals surface area contributed by atoms with Gasteiger partial charge < -0.3 is 5.32 Å². The number of nitrogens with zero attached hydrogens (tertiary/aromatic N) is 2. The van der Waals surface area contributed by atoms with Gasteiger partial charge in [0.1, 0.15) is 17.2 Å². The molecule has 5 nitrogen and oxygen atoms in total. The van der Waals surface area contributed by atoms with E-state index in [0.717, 1.165) is 36.1 Å². The fraction of sp³-hybridized carbons (Fsp3) is 0.278. The van der Waals surface area contributed by atoms with E-state index in [1.54, 1.807) is 11.3 Å². The molecule has 0 bridgehead atoms. The lowest BCUT2D eigenvalue weighted by molar-refractivity contribution is -0.116. The van der Waals surface area contributed by atoms with Gasteiger partial charge in [-0.15, -0.1) is 11.3 Å². The van der Waals surface area contributed by atoms with E-state index in [1.807, 2.05) is 0 Å². The number of hydrogen-bond donors (Lipinski definition) is 1. The normalized spacial score (nSPS) is 13.6. The van der Waals surface area contributed by atoms with Crippen LogP contribution in [-0.2, 0) is 24.2 Å². The SMILES string of the molecule is O=C(Cn1cnc2sc3c(c2c1=O)CCCC3)Nc1ccc(F)c(Cl)c1. The summed E-state index contributed by atoms with van der Waals surface area (Å²) in [6.45, 7) is -0.165. The van der Waals surface area contributed by atoms with Crippen molar-refractivity contribution in [2.45, 2.75) is 32.2 Å². The van der Waals surface area contributed by atoms with Crippen LogP contribution in [0.5, 0.6) is 0 Å². The van der Waals surface area contributed by atoms with Gasteiger partial charge in [0.05, 0.1) is 16.7 Å². The summed E-state index contributed by atoms with van der Waals surface area (Å²) in [6, 6.07) is 3.92. The van der Waals surface area contributed by atoms with Crippen LogP contribution in [0.1, 0.15) is 23.3 Å². The van der Waals surface area contributed by atoms with Gasteiger partial charge in [-0.05, 0) is 49.4 Å². The molecule has 134 valence electrons. The van der Waals surface area contributed by atoms with E-state index in [9.17, 15) is 14.0 Å². The number of benzene rings is 1. The first-order chi connectivity index (χ1) is 12.5. The van der Waals surface area contributed by atoms with E-state index in [-0.39, 0.29) is 17.1 Å². The number of nitrogens with one attached hydrogen (secondary N) is 1. The maximum Gasteiger partial charge on any atom is 0.262 e. The highest BCUT2D eigenvalue weighted by Gasteiger charge is 2.20. The van der Waals surface area contributed by atoms with Crippen molar-refractivity contribution in [1.82, 2.24) is 9.55 Å². The summed E-state index contributed by atoms with van der Waals surface area (Å²) in [4.78, 5) is 31.4. The van der Waals surface area contributed by atoms with Crippen LogP contribution in [-0.4, -0.2) is 15.5 Å². The Balaban J connectivity index is 1.60. The summed E-state index contributed by atoms with van der Waals surface area (Å²) in [7, 11) is 0. The van der Waals surface area contributed by atoms with Gasteiger partial charge in [0, 0.05) is 10.6 Å². The van der Waals surface area contributed by atoms with Crippen molar-refractivity contribution in [1.29, 1.82) is 0 Å². The smallest absolute Gasteiger partial charge is 0.262 e. The number of halogens is 2. The van der Waals surface area contributed by atoms with Gasteiger partial charge in [0.15, 0.2) is 0 Å². The van der Waals surface area contributed by atoms with Crippen molar-refractivity contribution in [3.8, 4) is 0 Å². The van der Waals surface area contributed by atoms with Gasteiger partial charge in [-0.3, -0.25) is 14.2 Å². The Hall–Kier alpha value is -2.25. The Labute approximate surface area is 157 Å². The van der Waals surface area contributed by atoms with Gasteiger partial charge in [-0.2, -0.15) is 0 Å². The van der Waals surface area contributed by atoms with Crippen molar-refractivity contribution >= 4 is 44.7 Å². The lowest BCUT2D eigenvalue weighted by Crippen LogP contribution is -2.28. The second-order valence-electron chi connectivity index (χ2n) is 6.25. The molecule has 0 atom stereocenters. The number of anilines is 1. The number of fused-ring (bicyclic) bond motifs is 3. The first kappa shape index (κ1) is 17.2. The second-order valence-corrected chi connectivity index (χ2v) is 7.74. The van der Waals surface area contributed by atoms with E-state index in [0.29, 0.717) is 11.1 Å². The average molecular weight is 392 g/mol. The standard InChI is InChI=1S/C18H15ClFN3O2S/c19-12-7-10(5-6-13(12)20)22-15(24)8-23-9-21-17-16(18(23)25)11-3-1-2-4-14(11)26-17/h5-7,9H,1-4,8H2,(H,22,24). The van der Waals surface area contributed by atoms with Crippen LogP contribution in [0.15, 0.2) is 29.3 Å². The molecule has 0 aliphatic heterocycles. The zero-order chi connectivity index (χ0) is 18.3. The molecular formula is C18H15ClFN3O2S. The first-order valence-corrected chi connectivity index (χ1v) is 9.47. The summed E-state index contributed by atoms with van der Waals surface area (Å²) in [5.74, 6) is -0.960. The zero-order valence-corrected chi connectivity index (χ0v) is 15.3. The van der Waals surface area contributed by atoms with Crippen LogP contribution in [0.2, 0.25) is 5.02 Å². The lowest BCUT2D eigenvalue weighted by atomic mass is 9.97. The predicted octanol–water partition coefficient (Wildman–Crippen LogP) is 3.77. The van der Waals surface area contributed by atoms with Crippen LogP contribution in [0.4, 0.5) is 10.1 Å². The van der Waals surface area contributed by atoms with Crippen LogP contribution in [0.3, 0.4) is 0 Å². The van der Waals surface area contributed by atoms with Crippen LogP contribution < -0.4 is 10.9 Å². The summed E-state index contributed by atoms with van der Waals surface area (Å²) in [6.07, 6.45) is 5.48. The predicted molar refractivity (Wildman–Crippen MR) is 101 cm³/mol. The maximum absolute atomic E-state index is 13.2. The quantitative estimate of drug-likeness (QED) is 0.739. The van der Waals surface area contributed by atoms with Gasteiger partial charge >= 0.3 is 0 Å². The number of thiophene rings is 1. The minimum absolute atomic E-state index is 0.0760. The highest BCUT2D eigenvalue weighted by molar-refractivity contribution is 7.18. The zero-order valence-electron chi connectivity index (χ0n) is 13.7. The van der Waals surface area contributed by atoms with Crippen molar-refractivity contribution < 1.29 is 9.18 Å². The number of carbonyl (C=O) groups is 1. The minimum atomic E-state index is -0.558. The molecule has 4 rings (SSSR count). The van der Waals surface area contributed by atoms with Gasteiger partial charge in [-0.25, -0.2) is 9.37 Å². The van der Waals surface area contributed by atoms with Crippen molar-refractivity contribution in [3.63, 3.8) is 0 Å². The molecule has 0 spiro atoms. The average Bonchev–Trinajstić information content (AvgIpc) is 3.00. The maximum atomic E-state index is 13.2. The Morgan fingerprint density at radius 1 is 1.35 bits per heavy atom. The topological polar surface area (TPSA) is 64.0 Å². The van der Waals surface area contributed by atoms with Gasteiger partial charge in [0.25, 0.3) is 5.56 Å². The summed E-state index contributed by atoms with van der Waals surface area (Å²) < 4.78 is 14.5. The van der Waals surface area contributed by atoms with E-state index < -0.39 is 11.7 Å². The molecule has 1 aromatic carbocycles. The number of amides is 1. The monoisotopic (exact) mass is 391 g/mol. The van der Waals surface area contributed by atoms with Gasteiger partial charge in [-0.1, -0.05) is 11.6 Å². The summed E-state index contributed by atoms with van der Waals surface area (Å²) >= 11 is 7.28. The molecule has 26 heavy (non-hydrogen) atoms. The third kappa shape index (κ3) is 3.12. The molecule has 0 saturated carbocycles. The molecular weight excluding hydrogens is 377 g/mol. The summed E-state index contributed by atoms with van der Waals surface area (Å²) in [5, 5.41) is 3.18. The molecule has 2 aromatic heterocycles. The highest BCUT2D eigenvalue weighted by atomic mass is 35.5. The Bertz CT molecular complexity index is 1080. The van der Waals surface area contributed by atoms with Crippen LogP contribution >= 0.6 is 22.9 Å². The molecule has 0 fully saturated rings. The third-order valence-electron chi connectivity index (χ3n) is 4.46. The first-order valence-electron chi connectivity index (χ1n) is 8.27. The van der Waals surface area contributed by atoms with Gasteiger partial charge in [0.2, 0.25) is 5.91 Å². The third-order valence-corrected chi connectivity index (χ3v) is 5.95. The number of aromatic nitrogens is 2. The molecule has 3 aromatic rings. The molecule has 0 radical (unpaired) electrons. The Morgan fingerprint density at radius 3 is 2.96 bits per heavy atom. The lowest BCUT2D eigenvalue weighted by Gasteiger charge is -2.11. The van der Waals surface area contributed by atoms with Crippen molar-refractivity contribution in [2.24, 2.45) is 0 Å². The minimum Gasteiger partial charge on any atom is -0.324 e. The Morgan fingerprint density at radius 2 is 2.15 bits per heavy atom. The largest absolute Gasteiger partial charge is 0.324 e. The number of aryl methyl sites for hydroxylation is 2. The number of hydrogen-bond acceptors (Lipinski definition) is 4. The molecule has 1 aliphatic rings. The molecule has 2 heterocycles. The molecule has 0 saturated heterocycles. The molecule has 1 aliphatic carbocycles. The van der Waals surface area contributed by atoms with E-state index in [1.165, 1.54) is 34.0 Å². The van der Waals surface area contributed by atoms with E-state index >= 15 is 0 Å².